The summed E-state index contributed by atoms with van der Waals surface area (Å²) in [6, 6.07) is 16.8. The van der Waals surface area contributed by atoms with Crippen molar-refractivity contribution in [1.29, 1.82) is 0 Å². The van der Waals surface area contributed by atoms with Crippen molar-refractivity contribution in [2.45, 2.75) is 6.61 Å². The minimum Gasteiger partial charge on any atom is -0.456 e. The van der Waals surface area contributed by atoms with Crippen molar-refractivity contribution in [2.24, 2.45) is 0 Å². The molecule has 3 aromatic rings. The Balaban J connectivity index is 1.60. The van der Waals surface area contributed by atoms with E-state index in [2.05, 4.69) is 10.3 Å². The molecule has 6 nitrogen and oxygen atoms in total. The zero-order chi connectivity index (χ0) is 20.5. The predicted octanol–water partition coefficient (Wildman–Crippen LogP) is 4.43. The number of methoxy groups -OCH3 is 1. The summed E-state index contributed by atoms with van der Waals surface area (Å²) in [6.07, 6.45) is 1.52. The van der Waals surface area contributed by atoms with E-state index in [9.17, 15) is 9.18 Å². The van der Waals surface area contributed by atoms with Crippen molar-refractivity contribution in [3.8, 4) is 11.5 Å². The number of carbonyl (C=O) groups is 1. The maximum Gasteiger partial charge on any atom is 0.256 e. The fourth-order valence-corrected chi connectivity index (χ4v) is 2.48. The lowest BCUT2D eigenvalue weighted by Gasteiger charge is -2.09. The fourth-order valence-electron chi connectivity index (χ4n) is 2.48. The Bertz CT molecular complexity index is 933. The predicted molar refractivity (Wildman–Crippen MR) is 107 cm³/mol. The highest BCUT2D eigenvalue weighted by atomic mass is 19.1. The Morgan fingerprint density at radius 2 is 1.86 bits per heavy atom. The third-order valence-corrected chi connectivity index (χ3v) is 3.95. The summed E-state index contributed by atoms with van der Waals surface area (Å²) in [7, 11) is 1.56. The molecule has 2 aromatic carbocycles. The van der Waals surface area contributed by atoms with Gasteiger partial charge in [0.15, 0.2) is 0 Å². The van der Waals surface area contributed by atoms with Gasteiger partial charge in [-0.25, -0.2) is 9.37 Å². The topological polar surface area (TPSA) is 69.7 Å². The van der Waals surface area contributed by atoms with Gasteiger partial charge in [0.2, 0.25) is 0 Å². The molecule has 3 rings (SSSR count). The SMILES string of the molecule is COCCOCc1cc(C(=O)Nc2ccc(Oc3ccccc3)cn2)ccc1F. The third-order valence-electron chi connectivity index (χ3n) is 3.95. The van der Waals surface area contributed by atoms with Crippen LogP contribution in [0.5, 0.6) is 11.5 Å². The summed E-state index contributed by atoms with van der Waals surface area (Å²) in [6.45, 7) is 0.811. The van der Waals surface area contributed by atoms with Crippen molar-refractivity contribution in [3.63, 3.8) is 0 Å². The number of benzene rings is 2. The van der Waals surface area contributed by atoms with Gasteiger partial charge in [0.05, 0.1) is 26.0 Å². The summed E-state index contributed by atoms with van der Waals surface area (Å²) < 4.78 is 29.8. The molecule has 0 fully saturated rings. The van der Waals surface area contributed by atoms with E-state index in [-0.39, 0.29) is 6.61 Å². The van der Waals surface area contributed by atoms with E-state index in [1.54, 1.807) is 19.2 Å². The van der Waals surface area contributed by atoms with E-state index in [1.165, 1.54) is 24.4 Å². The van der Waals surface area contributed by atoms with E-state index >= 15 is 0 Å². The van der Waals surface area contributed by atoms with Crippen molar-refractivity contribution in [3.05, 3.63) is 83.8 Å². The Hall–Kier alpha value is -3.29. The molecule has 0 aliphatic heterocycles. The van der Waals surface area contributed by atoms with Crippen LogP contribution in [0.4, 0.5) is 10.2 Å². The molecule has 29 heavy (non-hydrogen) atoms. The molecule has 0 aliphatic rings. The van der Waals surface area contributed by atoms with E-state index in [0.717, 1.165) is 0 Å². The first-order valence-electron chi connectivity index (χ1n) is 9.01. The maximum absolute atomic E-state index is 13.9. The van der Waals surface area contributed by atoms with Crippen LogP contribution in [-0.4, -0.2) is 31.2 Å². The van der Waals surface area contributed by atoms with E-state index < -0.39 is 11.7 Å². The first-order chi connectivity index (χ1) is 14.2. The Labute approximate surface area is 168 Å². The fraction of sp³-hybridized carbons (Fsp3) is 0.182. The summed E-state index contributed by atoms with van der Waals surface area (Å²) in [5.41, 5.74) is 0.608. The molecular weight excluding hydrogens is 375 g/mol. The highest BCUT2D eigenvalue weighted by Crippen LogP contribution is 2.21. The van der Waals surface area contributed by atoms with E-state index in [1.807, 2.05) is 30.3 Å². The molecule has 0 unspecified atom stereocenters. The maximum atomic E-state index is 13.9. The molecule has 0 aliphatic carbocycles. The quantitative estimate of drug-likeness (QED) is 0.542. The van der Waals surface area contributed by atoms with Gasteiger partial charge in [0.25, 0.3) is 5.91 Å². The summed E-state index contributed by atoms with van der Waals surface area (Å²) in [5.74, 6) is 0.772. The molecule has 1 heterocycles. The number of anilines is 1. The highest BCUT2D eigenvalue weighted by Gasteiger charge is 2.11. The van der Waals surface area contributed by atoms with Gasteiger partial charge >= 0.3 is 0 Å². The van der Waals surface area contributed by atoms with E-state index in [4.69, 9.17) is 14.2 Å². The highest BCUT2D eigenvalue weighted by molar-refractivity contribution is 6.03. The standard InChI is InChI=1S/C22H21FN2O4/c1-27-11-12-28-15-17-13-16(7-9-20(17)23)22(26)25-21-10-8-19(14-24-21)29-18-5-3-2-4-6-18/h2-10,13-14H,11-12,15H2,1H3,(H,24,25,26). The third kappa shape index (κ3) is 6.10. The molecule has 1 N–H and O–H groups in total. The first kappa shape index (κ1) is 20.4. The van der Waals surface area contributed by atoms with Gasteiger partial charge in [-0.05, 0) is 42.5 Å². The first-order valence-corrected chi connectivity index (χ1v) is 9.01. The average Bonchev–Trinajstić information content (AvgIpc) is 2.74. The second kappa shape index (κ2) is 10.3. The molecular formula is C22H21FN2O4. The van der Waals surface area contributed by atoms with Crippen molar-refractivity contribution < 1.29 is 23.4 Å². The molecule has 0 saturated heterocycles. The van der Waals surface area contributed by atoms with Gasteiger partial charge in [-0.2, -0.15) is 0 Å². The number of aromatic nitrogens is 1. The van der Waals surface area contributed by atoms with Crippen LogP contribution in [0, 0.1) is 5.82 Å². The number of rotatable bonds is 9. The Morgan fingerprint density at radius 3 is 2.59 bits per heavy atom. The number of halogens is 1. The second-order valence-electron chi connectivity index (χ2n) is 6.10. The van der Waals surface area contributed by atoms with Crippen LogP contribution in [0.2, 0.25) is 0 Å². The smallest absolute Gasteiger partial charge is 0.256 e. The number of nitrogens with zero attached hydrogens (tertiary/aromatic N) is 1. The summed E-state index contributed by atoms with van der Waals surface area (Å²) >= 11 is 0. The lowest BCUT2D eigenvalue weighted by atomic mass is 10.1. The van der Waals surface area contributed by atoms with Crippen molar-refractivity contribution in [1.82, 2.24) is 4.98 Å². The lowest BCUT2D eigenvalue weighted by Crippen LogP contribution is -2.14. The molecule has 0 spiro atoms. The van der Waals surface area contributed by atoms with Crippen LogP contribution in [0.3, 0.4) is 0 Å². The second-order valence-corrected chi connectivity index (χ2v) is 6.10. The van der Waals surface area contributed by atoms with Gasteiger partial charge in [0.1, 0.15) is 23.1 Å². The average molecular weight is 396 g/mol. The lowest BCUT2D eigenvalue weighted by molar-refractivity contribution is 0.0604. The summed E-state index contributed by atoms with van der Waals surface area (Å²) in [5, 5.41) is 2.68. The van der Waals surface area contributed by atoms with Crippen LogP contribution < -0.4 is 10.1 Å². The Morgan fingerprint density at radius 1 is 1.03 bits per heavy atom. The summed E-state index contributed by atoms with van der Waals surface area (Å²) in [4.78, 5) is 16.6. The van der Waals surface area contributed by atoms with Gasteiger partial charge < -0.3 is 19.5 Å². The van der Waals surface area contributed by atoms with Crippen molar-refractivity contribution >= 4 is 11.7 Å². The minimum absolute atomic E-state index is 0.0556. The molecule has 7 heteroatoms. The van der Waals surface area contributed by atoms with Crippen LogP contribution in [0.25, 0.3) is 0 Å². The minimum atomic E-state index is -0.431. The molecule has 0 atom stereocenters. The number of hydrogen-bond acceptors (Lipinski definition) is 5. The number of carbonyl (C=O) groups excluding carboxylic acids is 1. The van der Waals surface area contributed by atoms with Crippen molar-refractivity contribution in [2.75, 3.05) is 25.6 Å². The monoisotopic (exact) mass is 396 g/mol. The zero-order valence-corrected chi connectivity index (χ0v) is 15.9. The van der Waals surface area contributed by atoms with Gasteiger partial charge in [-0.15, -0.1) is 0 Å². The normalized spacial score (nSPS) is 10.6. The van der Waals surface area contributed by atoms with Gasteiger partial charge in [-0.1, -0.05) is 18.2 Å². The molecule has 0 radical (unpaired) electrons. The largest absolute Gasteiger partial charge is 0.456 e. The number of pyridine rings is 1. The number of ether oxygens (including phenoxy) is 3. The number of para-hydroxylation sites is 1. The van der Waals surface area contributed by atoms with Crippen LogP contribution >= 0.6 is 0 Å². The molecule has 0 saturated carbocycles. The van der Waals surface area contributed by atoms with Crippen LogP contribution in [0.1, 0.15) is 15.9 Å². The zero-order valence-electron chi connectivity index (χ0n) is 15.9. The van der Waals surface area contributed by atoms with Crippen LogP contribution in [-0.2, 0) is 16.1 Å². The molecule has 0 bridgehead atoms. The molecule has 1 aromatic heterocycles. The number of hydrogen-bond donors (Lipinski definition) is 1. The van der Waals surface area contributed by atoms with Gasteiger partial charge in [-0.3, -0.25) is 4.79 Å². The van der Waals surface area contributed by atoms with E-state index in [0.29, 0.717) is 41.7 Å². The number of amides is 1. The number of nitrogens with one attached hydrogen (secondary N) is 1. The van der Waals surface area contributed by atoms with Gasteiger partial charge in [0, 0.05) is 18.2 Å². The molecule has 1 amide bonds. The molecule has 150 valence electrons. The Kier molecular flexibility index (Phi) is 7.27. The van der Waals surface area contributed by atoms with Crippen LogP contribution in [0.15, 0.2) is 66.9 Å².